The van der Waals surface area contributed by atoms with Crippen LogP contribution >= 0.6 is 23.7 Å². The van der Waals surface area contributed by atoms with Crippen LogP contribution in [0.1, 0.15) is 16.1 Å². The van der Waals surface area contributed by atoms with Gasteiger partial charge in [-0.3, -0.25) is 14.9 Å². The summed E-state index contributed by atoms with van der Waals surface area (Å²) in [6.07, 6.45) is 0.829. The zero-order valence-electron chi connectivity index (χ0n) is 9.26. The molecule has 1 heterocycles. The molecule has 0 radical (unpaired) electrons. The summed E-state index contributed by atoms with van der Waals surface area (Å²) < 4.78 is 0. The fourth-order valence-electron chi connectivity index (χ4n) is 1.10. The van der Waals surface area contributed by atoms with Crippen molar-refractivity contribution in [2.24, 2.45) is 0 Å². The van der Waals surface area contributed by atoms with Gasteiger partial charge in [-0.15, -0.1) is 12.4 Å². The van der Waals surface area contributed by atoms with Crippen molar-refractivity contribution in [2.45, 2.75) is 6.42 Å². The van der Waals surface area contributed by atoms with Gasteiger partial charge in [0.1, 0.15) is 0 Å². The molecule has 1 amide bonds. The predicted molar refractivity (Wildman–Crippen MR) is 69.1 cm³/mol. The maximum absolute atomic E-state index is 11.5. The van der Waals surface area contributed by atoms with E-state index in [1.807, 2.05) is 7.05 Å². The maximum atomic E-state index is 11.5. The van der Waals surface area contributed by atoms with Gasteiger partial charge in [-0.1, -0.05) is 11.3 Å². The van der Waals surface area contributed by atoms with Crippen molar-refractivity contribution in [2.75, 3.05) is 20.1 Å². The lowest BCUT2D eigenvalue weighted by atomic mass is 10.4. The van der Waals surface area contributed by atoms with E-state index in [2.05, 4.69) is 10.6 Å². The van der Waals surface area contributed by atoms with Crippen molar-refractivity contribution in [1.82, 2.24) is 10.6 Å². The molecule has 0 aliphatic heterocycles. The van der Waals surface area contributed by atoms with E-state index in [4.69, 9.17) is 0 Å². The molecule has 0 spiro atoms. The molecule has 0 aromatic carbocycles. The number of nitrogens with one attached hydrogen (secondary N) is 2. The summed E-state index contributed by atoms with van der Waals surface area (Å²) in [7, 11) is 1.84. The maximum Gasteiger partial charge on any atom is 0.324 e. The molecule has 0 aliphatic carbocycles. The molecular formula is C9H14ClN3O3S. The summed E-state index contributed by atoms with van der Waals surface area (Å²) in [6, 6.07) is 2.81. The second-order valence-corrected chi connectivity index (χ2v) is 4.17. The Morgan fingerprint density at radius 3 is 2.71 bits per heavy atom. The normalized spacial score (nSPS) is 9.47. The lowest BCUT2D eigenvalue weighted by molar-refractivity contribution is -0.380. The van der Waals surface area contributed by atoms with Gasteiger partial charge < -0.3 is 10.6 Å². The highest BCUT2D eigenvalue weighted by Crippen LogP contribution is 2.23. The second-order valence-electron chi connectivity index (χ2n) is 3.11. The van der Waals surface area contributed by atoms with Crippen LogP contribution in [0.2, 0.25) is 0 Å². The van der Waals surface area contributed by atoms with Gasteiger partial charge in [-0.25, -0.2) is 0 Å². The average molecular weight is 280 g/mol. The number of nitrogens with zero attached hydrogens (tertiary/aromatic N) is 1. The highest BCUT2D eigenvalue weighted by atomic mass is 35.5. The molecule has 1 aromatic rings. The van der Waals surface area contributed by atoms with Gasteiger partial charge in [0.15, 0.2) is 0 Å². The number of amides is 1. The summed E-state index contributed by atoms with van der Waals surface area (Å²) in [4.78, 5) is 21.8. The Morgan fingerprint density at radius 1 is 1.47 bits per heavy atom. The Bertz CT molecular complexity index is 383. The van der Waals surface area contributed by atoms with E-state index in [0.29, 0.717) is 11.4 Å². The van der Waals surface area contributed by atoms with E-state index < -0.39 is 4.92 Å². The molecule has 0 bridgehead atoms. The average Bonchev–Trinajstić information content (AvgIpc) is 2.73. The van der Waals surface area contributed by atoms with Gasteiger partial charge in [-0.05, 0) is 26.1 Å². The third-order valence-electron chi connectivity index (χ3n) is 1.88. The predicted octanol–water partition coefficient (Wildman–Crippen LogP) is 1.42. The van der Waals surface area contributed by atoms with Crippen LogP contribution in [0.15, 0.2) is 12.1 Å². The number of thiophene rings is 1. The molecule has 17 heavy (non-hydrogen) atoms. The minimum absolute atomic E-state index is 0. The first-order valence-electron chi connectivity index (χ1n) is 4.82. The van der Waals surface area contributed by atoms with Crippen LogP contribution in [0.5, 0.6) is 0 Å². The van der Waals surface area contributed by atoms with E-state index in [-0.39, 0.29) is 23.3 Å². The molecule has 0 atom stereocenters. The molecule has 1 aromatic heterocycles. The first kappa shape index (κ1) is 15.8. The van der Waals surface area contributed by atoms with Crippen LogP contribution in [0, 0.1) is 10.1 Å². The van der Waals surface area contributed by atoms with Gasteiger partial charge in [0.05, 0.1) is 9.80 Å². The number of carbonyl (C=O) groups is 1. The molecule has 8 heteroatoms. The quantitative estimate of drug-likeness (QED) is 0.468. The standard InChI is InChI=1S/C9H13N3O3S.ClH/c1-10-5-2-6-11-9(13)7-3-4-8(16-7)12(14)15;/h3-4,10H,2,5-6H2,1H3,(H,11,13);1H. The zero-order chi connectivity index (χ0) is 12.0. The van der Waals surface area contributed by atoms with Crippen LogP contribution in [0.3, 0.4) is 0 Å². The van der Waals surface area contributed by atoms with Crippen molar-refractivity contribution < 1.29 is 9.72 Å². The van der Waals surface area contributed by atoms with E-state index in [0.717, 1.165) is 24.3 Å². The number of halogens is 1. The van der Waals surface area contributed by atoms with Crippen molar-refractivity contribution in [3.63, 3.8) is 0 Å². The van der Waals surface area contributed by atoms with Crippen molar-refractivity contribution in [3.05, 3.63) is 27.1 Å². The summed E-state index contributed by atoms with van der Waals surface area (Å²) in [6.45, 7) is 1.39. The van der Waals surface area contributed by atoms with Gasteiger partial charge in [0.25, 0.3) is 5.91 Å². The van der Waals surface area contributed by atoms with Crippen LogP contribution in [0.4, 0.5) is 5.00 Å². The van der Waals surface area contributed by atoms with Crippen LogP contribution in [0.25, 0.3) is 0 Å². The molecular weight excluding hydrogens is 266 g/mol. The number of nitro groups is 1. The Labute approximate surface area is 109 Å². The smallest absolute Gasteiger partial charge is 0.324 e. The number of hydrogen-bond donors (Lipinski definition) is 2. The fraction of sp³-hybridized carbons (Fsp3) is 0.444. The lowest BCUT2D eigenvalue weighted by Crippen LogP contribution is -2.25. The molecule has 0 unspecified atom stereocenters. The van der Waals surface area contributed by atoms with Gasteiger partial charge in [0.2, 0.25) is 0 Å². The van der Waals surface area contributed by atoms with Gasteiger partial charge >= 0.3 is 5.00 Å². The number of rotatable bonds is 6. The molecule has 0 saturated heterocycles. The van der Waals surface area contributed by atoms with Crippen LogP contribution in [-0.4, -0.2) is 31.0 Å². The molecule has 1 rings (SSSR count). The van der Waals surface area contributed by atoms with Crippen LogP contribution < -0.4 is 10.6 Å². The molecule has 0 saturated carbocycles. The Hall–Kier alpha value is -1.18. The minimum Gasteiger partial charge on any atom is -0.351 e. The van der Waals surface area contributed by atoms with Crippen molar-refractivity contribution >= 4 is 34.7 Å². The highest BCUT2D eigenvalue weighted by molar-refractivity contribution is 7.17. The SMILES string of the molecule is CNCCCNC(=O)c1ccc([N+](=O)[O-])s1.Cl. The van der Waals surface area contributed by atoms with Crippen molar-refractivity contribution in [1.29, 1.82) is 0 Å². The Balaban J connectivity index is 0.00000256. The summed E-state index contributed by atoms with van der Waals surface area (Å²) in [5.74, 6) is -0.255. The van der Waals surface area contributed by atoms with Crippen LogP contribution in [-0.2, 0) is 0 Å². The molecule has 6 nitrogen and oxygen atoms in total. The lowest BCUT2D eigenvalue weighted by Gasteiger charge is -2.02. The van der Waals surface area contributed by atoms with E-state index in [1.165, 1.54) is 12.1 Å². The monoisotopic (exact) mass is 279 g/mol. The first-order chi connectivity index (χ1) is 7.65. The largest absolute Gasteiger partial charge is 0.351 e. The van der Waals surface area contributed by atoms with E-state index in [1.54, 1.807) is 0 Å². The second kappa shape index (κ2) is 7.99. The number of hydrogen-bond acceptors (Lipinski definition) is 5. The third kappa shape index (κ3) is 5.12. The van der Waals surface area contributed by atoms with Gasteiger partial charge in [0, 0.05) is 12.6 Å². The summed E-state index contributed by atoms with van der Waals surface area (Å²) in [5.41, 5.74) is 0. The van der Waals surface area contributed by atoms with E-state index in [9.17, 15) is 14.9 Å². The van der Waals surface area contributed by atoms with Crippen molar-refractivity contribution in [3.8, 4) is 0 Å². The summed E-state index contributed by atoms with van der Waals surface area (Å²) in [5, 5.41) is 16.1. The molecule has 2 N–H and O–H groups in total. The fourth-order valence-corrected chi connectivity index (χ4v) is 1.84. The first-order valence-corrected chi connectivity index (χ1v) is 5.64. The zero-order valence-corrected chi connectivity index (χ0v) is 10.9. The minimum atomic E-state index is -0.498. The third-order valence-corrected chi connectivity index (χ3v) is 2.92. The molecule has 0 aliphatic rings. The Morgan fingerprint density at radius 2 is 2.18 bits per heavy atom. The van der Waals surface area contributed by atoms with Gasteiger partial charge in [-0.2, -0.15) is 0 Å². The molecule has 96 valence electrons. The molecule has 0 fully saturated rings. The topological polar surface area (TPSA) is 84.3 Å². The summed E-state index contributed by atoms with van der Waals surface area (Å²) >= 11 is 0.886. The number of carbonyl (C=O) groups excluding carboxylic acids is 1. The van der Waals surface area contributed by atoms with E-state index >= 15 is 0 Å². The Kier molecular flexibility index (Phi) is 7.44. The highest BCUT2D eigenvalue weighted by Gasteiger charge is 2.14.